The Morgan fingerprint density at radius 1 is 1.12 bits per heavy atom. The maximum absolute atomic E-state index is 9.10. The van der Waals surface area contributed by atoms with Crippen molar-refractivity contribution in [3.63, 3.8) is 0 Å². The molecule has 1 unspecified atom stereocenters. The van der Waals surface area contributed by atoms with Crippen LogP contribution in [0.5, 0.6) is 0 Å². The molecule has 1 atom stereocenters. The van der Waals surface area contributed by atoms with E-state index in [0.29, 0.717) is 0 Å². The molecule has 0 bridgehead atoms. The van der Waals surface area contributed by atoms with Crippen LogP contribution >= 0.6 is 0 Å². The first-order chi connectivity index (χ1) is 12.5. The van der Waals surface area contributed by atoms with E-state index in [1.807, 2.05) is 12.3 Å². The van der Waals surface area contributed by atoms with E-state index in [4.69, 9.17) is 19.8 Å². The highest BCUT2D eigenvalue weighted by molar-refractivity contribution is 6.27. The van der Waals surface area contributed by atoms with E-state index in [2.05, 4.69) is 33.8 Å². The topological polar surface area (TPSA) is 94.0 Å². The summed E-state index contributed by atoms with van der Waals surface area (Å²) < 4.78 is 0. The van der Waals surface area contributed by atoms with Gasteiger partial charge in [0.05, 0.1) is 5.69 Å². The molecule has 1 aromatic rings. The third kappa shape index (κ3) is 6.72. The SMILES string of the molecule is CC1CCCN(C2CCN(Cc3ccccn3)CC2)C1.O=C(O)C(=O)O. The van der Waals surface area contributed by atoms with E-state index in [0.717, 1.165) is 18.5 Å². The highest BCUT2D eigenvalue weighted by atomic mass is 16.4. The van der Waals surface area contributed by atoms with Crippen LogP contribution < -0.4 is 0 Å². The van der Waals surface area contributed by atoms with Crippen molar-refractivity contribution in [2.75, 3.05) is 26.2 Å². The number of likely N-dealkylation sites (tertiary alicyclic amines) is 2. The van der Waals surface area contributed by atoms with Crippen LogP contribution in [0.3, 0.4) is 0 Å². The predicted molar refractivity (Wildman–Crippen MR) is 97.8 cm³/mol. The fourth-order valence-corrected chi connectivity index (χ4v) is 3.72. The summed E-state index contributed by atoms with van der Waals surface area (Å²) >= 11 is 0. The van der Waals surface area contributed by atoms with Crippen LogP contribution in [0.4, 0.5) is 0 Å². The van der Waals surface area contributed by atoms with Gasteiger partial charge in [-0.2, -0.15) is 0 Å². The lowest BCUT2D eigenvalue weighted by molar-refractivity contribution is -0.159. The van der Waals surface area contributed by atoms with E-state index in [-0.39, 0.29) is 0 Å². The quantitative estimate of drug-likeness (QED) is 0.793. The van der Waals surface area contributed by atoms with Crippen molar-refractivity contribution in [2.24, 2.45) is 5.92 Å². The minimum atomic E-state index is -1.82. The van der Waals surface area contributed by atoms with Gasteiger partial charge in [0.25, 0.3) is 0 Å². The Hall–Kier alpha value is -1.99. The lowest BCUT2D eigenvalue weighted by atomic mass is 9.95. The Morgan fingerprint density at radius 3 is 2.35 bits per heavy atom. The van der Waals surface area contributed by atoms with Crippen LogP contribution in [0, 0.1) is 5.92 Å². The standard InChI is InChI=1S/C17H27N3.C2H2O4/c1-15-5-4-10-20(13-15)17-7-11-19(12-8-17)14-16-6-2-3-9-18-16;3-1(4)2(5)6/h2-3,6,9,15,17H,4-5,7-8,10-14H2,1H3;(H,3,4)(H,5,6). The molecule has 0 aliphatic carbocycles. The maximum Gasteiger partial charge on any atom is 0.414 e. The number of carboxylic acids is 2. The Bertz CT molecular complexity index is 561. The van der Waals surface area contributed by atoms with E-state index in [1.165, 1.54) is 57.6 Å². The molecule has 0 amide bonds. The lowest BCUT2D eigenvalue weighted by Crippen LogP contribution is -2.48. The van der Waals surface area contributed by atoms with Crippen molar-refractivity contribution in [3.05, 3.63) is 30.1 Å². The first kappa shape index (κ1) is 20.3. The Morgan fingerprint density at radius 2 is 1.81 bits per heavy atom. The highest BCUT2D eigenvalue weighted by Gasteiger charge is 2.27. The molecule has 2 fully saturated rings. The molecule has 3 heterocycles. The molecule has 26 heavy (non-hydrogen) atoms. The van der Waals surface area contributed by atoms with Gasteiger partial charge < -0.3 is 15.1 Å². The first-order valence-electron chi connectivity index (χ1n) is 9.28. The summed E-state index contributed by atoms with van der Waals surface area (Å²) in [4.78, 5) is 28.0. The molecule has 2 aliphatic rings. The second-order valence-corrected chi connectivity index (χ2v) is 7.18. The molecule has 0 spiro atoms. The monoisotopic (exact) mass is 363 g/mol. The largest absolute Gasteiger partial charge is 0.473 e. The molecule has 144 valence electrons. The second kappa shape index (κ2) is 10.2. The van der Waals surface area contributed by atoms with E-state index < -0.39 is 11.9 Å². The smallest absolute Gasteiger partial charge is 0.414 e. The molecule has 7 heteroatoms. The van der Waals surface area contributed by atoms with E-state index >= 15 is 0 Å². The zero-order valence-corrected chi connectivity index (χ0v) is 15.4. The molecule has 2 aliphatic heterocycles. The second-order valence-electron chi connectivity index (χ2n) is 7.18. The Kier molecular flexibility index (Phi) is 8.00. The molecule has 0 aromatic carbocycles. The van der Waals surface area contributed by atoms with E-state index in [1.54, 1.807) is 0 Å². The number of aromatic nitrogens is 1. The number of piperidine rings is 2. The van der Waals surface area contributed by atoms with Gasteiger partial charge in [-0.25, -0.2) is 9.59 Å². The molecular weight excluding hydrogens is 334 g/mol. The van der Waals surface area contributed by atoms with Gasteiger partial charge in [0, 0.05) is 38.4 Å². The summed E-state index contributed by atoms with van der Waals surface area (Å²) in [5.41, 5.74) is 1.21. The Labute approximate surface area is 154 Å². The lowest BCUT2D eigenvalue weighted by Gasteiger charge is -2.41. The number of hydrogen-bond acceptors (Lipinski definition) is 5. The van der Waals surface area contributed by atoms with Gasteiger partial charge in [0.2, 0.25) is 0 Å². The van der Waals surface area contributed by atoms with Crippen LogP contribution in [0.2, 0.25) is 0 Å². The van der Waals surface area contributed by atoms with Crippen LogP contribution in [0.1, 0.15) is 38.3 Å². The van der Waals surface area contributed by atoms with E-state index in [9.17, 15) is 0 Å². The zero-order valence-electron chi connectivity index (χ0n) is 15.4. The summed E-state index contributed by atoms with van der Waals surface area (Å²) in [7, 11) is 0. The molecule has 3 rings (SSSR count). The number of nitrogens with zero attached hydrogens (tertiary/aromatic N) is 3. The fraction of sp³-hybridized carbons (Fsp3) is 0.632. The van der Waals surface area contributed by atoms with Crippen molar-refractivity contribution in [1.82, 2.24) is 14.8 Å². The molecule has 7 nitrogen and oxygen atoms in total. The summed E-state index contributed by atoms with van der Waals surface area (Å²) in [6, 6.07) is 7.05. The minimum Gasteiger partial charge on any atom is -0.473 e. The van der Waals surface area contributed by atoms with Crippen molar-refractivity contribution in [3.8, 4) is 0 Å². The van der Waals surface area contributed by atoms with Gasteiger partial charge in [0.1, 0.15) is 0 Å². The zero-order chi connectivity index (χ0) is 18.9. The van der Waals surface area contributed by atoms with Crippen LogP contribution in [0.25, 0.3) is 0 Å². The number of aliphatic carboxylic acids is 2. The number of carbonyl (C=O) groups is 2. The molecule has 2 N–H and O–H groups in total. The number of pyridine rings is 1. The molecule has 1 aromatic heterocycles. The normalized spacial score (nSPS) is 22.3. The molecule has 0 saturated carbocycles. The van der Waals surface area contributed by atoms with Gasteiger partial charge in [-0.05, 0) is 50.3 Å². The molecule has 2 saturated heterocycles. The minimum absolute atomic E-state index is 0.831. The maximum atomic E-state index is 9.10. The number of hydrogen-bond donors (Lipinski definition) is 2. The average Bonchev–Trinajstić information content (AvgIpc) is 2.64. The van der Waals surface area contributed by atoms with Gasteiger partial charge in [-0.15, -0.1) is 0 Å². The van der Waals surface area contributed by atoms with Gasteiger partial charge in [-0.3, -0.25) is 9.88 Å². The molecule has 0 radical (unpaired) electrons. The Balaban J connectivity index is 0.000000352. The van der Waals surface area contributed by atoms with Crippen molar-refractivity contribution < 1.29 is 19.8 Å². The summed E-state index contributed by atoms with van der Waals surface area (Å²) in [6.07, 6.45) is 7.39. The van der Waals surface area contributed by atoms with Gasteiger partial charge in [-0.1, -0.05) is 13.0 Å². The summed E-state index contributed by atoms with van der Waals surface area (Å²) in [5.74, 6) is -2.75. The third-order valence-electron chi connectivity index (χ3n) is 5.06. The highest BCUT2D eigenvalue weighted by Crippen LogP contribution is 2.23. The van der Waals surface area contributed by atoms with Crippen molar-refractivity contribution in [2.45, 2.75) is 45.2 Å². The van der Waals surface area contributed by atoms with Crippen LogP contribution in [0.15, 0.2) is 24.4 Å². The fourth-order valence-electron chi connectivity index (χ4n) is 3.72. The predicted octanol–water partition coefficient (Wildman–Crippen LogP) is 1.93. The van der Waals surface area contributed by atoms with Gasteiger partial charge in [0.15, 0.2) is 0 Å². The summed E-state index contributed by atoms with van der Waals surface area (Å²) in [5, 5.41) is 14.8. The summed E-state index contributed by atoms with van der Waals surface area (Å²) in [6.45, 7) is 8.53. The van der Waals surface area contributed by atoms with Gasteiger partial charge >= 0.3 is 11.9 Å². The van der Waals surface area contributed by atoms with Crippen molar-refractivity contribution >= 4 is 11.9 Å². The van der Waals surface area contributed by atoms with Crippen molar-refractivity contribution in [1.29, 1.82) is 0 Å². The third-order valence-corrected chi connectivity index (χ3v) is 5.06. The van der Waals surface area contributed by atoms with Crippen LogP contribution in [-0.2, 0) is 16.1 Å². The number of rotatable bonds is 3. The first-order valence-corrected chi connectivity index (χ1v) is 9.28. The molecular formula is C19H29N3O4. The average molecular weight is 363 g/mol. The number of carboxylic acid groups (broad SMARTS) is 2. The van der Waals surface area contributed by atoms with Crippen LogP contribution in [-0.4, -0.2) is 69.2 Å².